The Hall–Kier alpha value is -3.55. The molecule has 0 heterocycles. The first kappa shape index (κ1) is 27.5. The average molecular weight is 467 g/mol. The zero-order valence-corrected chi connectivity index (χ0v) is 18.1. The van der Waals surface area contributed by atoms with Crippen molar-refractivity contribution in [3.05, 3.63) is 35.9 Å². The molecule has 1 aromatic carbocycles. The zero-order chi connectivity index (χ0) is 25.0. The molecule has 0 aliphatic heterocycles. The van der Waals surface area contributed by atoms with Crippen molar-refractivity contribution < 1.29 is 39.3 Å². The smallest absolute Gasteiger partial charge is 0.332 e. The highest BCUT2D eigenvalue weighted by Crippen LogP contribution is 2.08. The Labute approximate surface area is 190 Å². The van der Waals surface area contributed by atoms with Crippen molar-refractivity contribution in [2.24, 2.45) is 11.8 Å². The van der Waals surface area contributed by atoms with Crippen LogP contribution >= 0.6 is 0 Å². The highest BCUT2D eigenvalue weighted by Gasteiger charge is 2.29. The van der Waals surface area contributed by atoms with E-state index in [2.05, 4.69) is 10.7 Å². The maximum atomic E-state index is 12.5. The summed E-state index contributed by atoms with van der Waals surface area (Å²) in [4.78, 5) is 59.4. The van der Waals surface area contributed by atoms with E-state index >= 15 is 0 Å². The summed E-state index contributed by atoms with van der Waals surface area (Å²) in [6.07, 6.45) is -0.998. The lowest BCUT2D eigenvalue weighted by Gasteiger charge is -2.25. The second-order valence-corrected chi connectivity index (χ2v) is 7.14. The topological polar surface area (TPSA) is 203 Å². The summed E-state index contributed by atoms with van der Waals surface area (Å²) in [7, 11) is 0. The second-order valence-electron chi connectivity index (χ2n) is 7.14. The first-order chi connectivity index (χ1) is 15.6. The lowest BCUT2D eigenvalue weighted by molar-refractivity contribution is -0.145. The van der Waals surface area contributed by atoms with Crippen molar-refractivity contribution in [2.45, 2.75) is 32.4 Å². The Kier molecular flexibility index (Phi) is 11.5. The molecule has 0 aliphatic rings. The largest absolute Gasteiger partial charge is 0.481 e. The zero-order valence-electron chi connectivity index (χ0n) is 18.1. The molecule has 0 fully saturated rings. The normalized spacial score (nSPS) is 12.2. The molecule has 0 radical (unpaired) electrons. The lowest BCUT2D eigenvalue weighted by atomic mass is 9.99. The van der Waals surface area contributed by atoms with Gasteiger partial charge in [-0.15, -0.1) is 0 Å². The van der Waals surface area contributed by atoms with Crippen LogP contribution in [0.2, 0.25) is 0 Å². The van der Waals surface area contributed by atoms with E-state index in [9.17, 15) is 34.2 Å². The van der Waals surface area contributed by atoms with Crippen LogP contribution in [0.3, 0.4) is 0 Å². The number of carboxylic acids is 1. The molecule has 0 aliphatic carbocycles. The molecule has 0 aromatic heterocycles. The molecule has 0 saturated heterocycles. The molecule has 0 unspecified atom stereocenters. The van der Waals surface area contributed by atoms with Gasteiger partial charge < -0.3 is 20.6 Å². The van der Waals surface area contributed by atoms with Gasteiger partial charge in [0.1, 0.15) is 6.04 Å². The number of hydrazine groups is 2. The predicted molar refractivity (Wildman–Crippen MR) is 114 cm³/mol. The minimum absolute atomic E-state index is 0.0396. The first-order valence-electron chi connectivity index (χ1n) is 10.0. The number of amides is 4. The number of Topliss-reactive ketones (excluding diaryl/α,β-unsaturated/α-hetero) is 1. The Balaban J connectivity index is 2.70. The van der Waals surface area contributed by atoms with Gasteiger partial charge in [0.25, 0.3) is 0 Å². The van der Waals surface area contributed by atoms with Gasteiger partial charge in [-0.25, -0.2) is 10.6 Å². The van der Waals surface area contributed by atoms with Gasteiger partial charge in [-0.3, -0.25) is 34.6 Å². The minimum Gasteiger partial charge on any atom is -0.481 e. The van der Waals surface area contributed by atoms with Gasteiger partial charge in [0.2, 0.25) is 11.8 Å². The fourth-order valence-corrected chi connectivity index (χ4v) is 2.66. The number of nitrogens with two attached hydrogens (primary N) is 1. The van der Waals surface area contributed by atoms with E-state index in [4.69, 9.17) is 10.9 Å². The Bertz CT molecular complexity index is 835. The van der Waals surface area contributed by atoms with Crippen LogP contribution in [-0.2, 0) is 25.7 Å². The summed E-state index contributed by atoms with van der Waals surface area (Å²) < 4.78 is 0. The highest BCUT2D eigenvalue weighted by molar-refractivity contribution is 5.92. The number of carbonyl (C=O) groups is 5. The van der Waals surface area contributed by atoms with Gasteiger partial charge in [-0.05, 0) is 5.56 Å². The van der Waals surface area contributed by atoms with Crippen molar-refractivity contribution in [3.63, 3.8) is 0 Å². The third-order valence-electron chi connectivity index (χ3n) is 4.54. The molecular formula is C20H29N5O8. The van der Waals surface area contributed by atoms with Gasteiger partial charge >= 0.3 is 12.0 Å². The van der Waals surface area contributed by atoms with Crippen molar-refractivity contribution in [2.75, 3.05) is 19.8 Å². The van der Waals surface area contributed by atoms with Crippen LogP contribution in [0.5, 0.6) is 0 Å². The van der Waals surface area contributed by atoms with E-state index in [0.29, 0.717) is 0 Å². The number of hydrogen-bond donors (Lipinski definition) is 6. The van der Waals surface area contributed by atoms with Crippen molar-refractivity contribution in [3.8, 4) is 0 Å². The van der Waals surface area contributed by atoms with E-state index < -0.39 is 67.6 Å². The molecular weight excluding hydrogens is 438 g/mol. The van der Waals surface area contributed by atoms with E-state index in [0.717, 1.165) is 22.5 Å². The van der Waals surface area contributed by atoms with Crippen LogP contribution in [0.15, 0.2) is 30.3 Å². The third kappa shape index (κ3) is 9.64. The standard InChI is InChI=1S/C20H29N5O8/c1-13(28)25(8-7-18(30)31)23-19(32)15(11-26)9-17(29)16(12-27)22-20(33)24(21)10-14-5-3-2-4-6-14/h2-6,15-16,26-27H,7-12,21H2,1H3,(H,22,33)(H,23,32)(H,30,31)/t15-,16-/m0/s1. The number of hydrogen-bond acceptors (Lipinski definition) is 8. The Morgan fingerprint density at radius 2 is 1.70 bits per heavy atom. The van der Waals surface area contributed by atoms with Gasteiger partial charge in [-0.1, -0.05) is 30.3 Å². The molecule has 7 N–H and O–H groups in total. The van der Waals surface area contributed by atoms with Crippen LogP contribution in [0.4, 0.5) is 4.79 Å². The lowest BCUT2D eigenvalue weighted by Crippen LogP contribution is -2.53. The minimum atomic E-state index is -1.39. The van der Waals surface area contributed by atoms with E-state index in [1.165, 1.54) is 0 Å². The van der Waals surface area contributed by atoms with Crippen molar-refractivity contribution >= 4 is 29.6 Å². The summed E-state index contributed by atoms with van der Waals surface area (Å²) in [6, 6.07) is 6.57. The molecule has 182 valence electrons. The monoisotopic (exact) mass is 467 g/mol. The summed E-state index contributed by atoms with van der Waals surface area (Å²) in [6.45, 7) is -0.719. The van der Waals surface area contributed by atoms with Gasteiger partial charge in [-0.2, -0.15) is 0 Å². The van der Waals surface area contributed by atoms with Crippen LogP contribution in [-0.4, -0.2) is 80.7 Å². The summed E-state index contributed by atoms with van der Waals surface area (Å²) in [5.41, 5.74) is 2.90. The molecule has 0 bridgehead atoms. The van der Waals surface area contributed by atoms with Crippen LogP contribution in [0.1, 0.15) is 25.3 Å². The predicted octanol–water partition coefficient (Wildman–Crippen LogP) is -1.65. The number of nitrogens with zero attached hydrogens (tertiary/aromatic N) is 2. The summed E-state index contributed by atoms with van der Waals surface area (Å²) in [5, 5.41) is 31.6. The molecule has 1 rings (SSSR count). The number of urea groups is 1. The van der Waals surface area contributed by atoms with Crippen LogP contribution in [0.25, 0.3) is 0 Å². The van der Waals surface area contributed by atoms with E-state index in [1.54, 1.807) is 30.3 Å². The number of aliphatic hydroxyl groups is 2. The quantitative estimate of drug-likeness (QED) is 0.118. The fourth-order valence-electron chi connectivity index (χ4n) is 2.66. The number of ketones is 1. The van der Waals surface area contributed by atoms with Crippen molar-refractivity contribution in [1.29, 1.82) is 0 Å². The molecule has 1 aromatic rings. The number of carboxylic acid groups (broad SMARTS) is 1. The Morgan fingerprint density at radius 1 is 1.06 bits per heavy atom. The fraction of sp³-hybridized carbons (Fsp3) is 0.450. The number of nitrogens with one attached hydrogen (secondary N) is 2. The summed E-state index contributed by atoms with van der Waals surface area (Å²) >= 11 is 0. The molecule has 4 amide bonds. The van der Waals surface area contributed by atoms with E-state index in [-0.39, 0.29) is 13.1 Å². The van der Waals surface area contributed by atoms with Gasteiger partial charge in [0.15, 0.2) is 5.78 Å². The Morgan fingerprint density at radius 3 is 2.21 bits per heavy atom. The second kappa shape index (κ2) is 13.8. The van der Waals surface area contributed by atoms with Crippen LogP contribution < -0.4 is 16.6 Å². The SMILES string of the molecule is CC(=O)N(CCC(=O)O)NC(=O)[C@H](CO)CC(=O)[C@H](CO)NC(=O)N(N)Cc1ccccc1. The number of benzene rings is 1. The summed E-state index contributed by atoms with van der Waals surface area (Å²) in [5.74, 6) is 0.902. The molecule has 13 nitrogen and oxygen atoms in total. The number of carbonyl (C=O) groups excluding carboxylic acids is 4. The van der Waals surface area contributed by atoms with Crippen LogP contribution in [0, 0.1) is 5.92 Å². The number of rotatable bonds is 12. The maximum absolute atomic E-state index is 12.5. The first-order valence-corrected chi connectivity index (χ1v) is 10.0. The maximum Gasteiger partial charge on any atom is 0.332 e. The number of aliphatic hydroxyl groups excluding tert-OH is 2. The molecule has 0 saturated carbocycles. The molecule has 13 heteroatoms. The van der Waals surface area contributed by atoms with E-state index in [1.807, 2.05) is 0 Å². The van der Waals surface area contributed by atoms with Gasteiger partial charge in [0, 0.05) is 13.3 Å². The number of aliphatic carboxylic acids is 1. The molecule has 0 spiro atoms. The van der Waals surface area contributed by atoms with Gasteiger partial charge in [0.05, 0.1) is 38.6 Å². The average Bonchev–Trinajstić information content (AvgIpc) is 2.78. The molecule has 2 atom stereocenters. The van der Waals surface area contributed by atoms with Crippen molar-refractivity contribution in [1.82, 2.24) is 20.8 Å². The highest BCUT2D eigenvalue weighted by atomic mass is 16.4. The third-order valence-corrected chi connectivity index (χ3v) is 4.54. The molecule has 33 heavy (non-hydrogen) atoms.